The van der Waals surface area contributed by atoms with E-state index in [0.29, 0.717) is 13.1 Å². The van der Waals surface area contributed by atoms with Crippen LogP contribution in [0.1, 0.15) is 6.92 Å². The fourth-order valence-corrected chi connectivity index (χ4v) is 1.07. The van der Waals surface area contributed by atoms with Gasteiger partial charge in [0.1, 0.15) is 0 Å². The molecule has 0 aromatic rings. The van der Waals surface area contributed by atoms with Gasteiger partial charge in [0.05, 0.1) is 6.10 Å². The third kappa shape index (κ3) is 2.69. The Bertz CT molecular complexity index is 137. The van der Waals surface area contributed by atoms with Crippen LogP contribution in [0, 0.1) is 0 Å². The Morgan fingerprint density at radius 1 is 1.55 bits per heavy atom. The molecule has 0 spiro atoms. The van der Waals surface area contributed by atoms with Gasteiger partial charge in [-0.25, -0.2) is 0 Å². The second-order valence-corrected chi connectivity index (χ2v) is 2.79. The quantitative estimate of drug-likeness (QED) is 0.603. The van der Waals surface area contributed by atoms with Crippen LogP contribution in [0.15, 0.2) is 0 Å². The fraction of sp³-hybridized carbons (Fsp3) is 1.00. The Labute approximate surface area is 63.9 Å². The van der Waals surface area contributed by atoms with Crippen LogP contribution in [-0.4, -0.2) is 31.3 Å². The summed E-state index contributed by atoms with van der Waals surface area (Å²) in [4.78, 5) is 0. The monoisotopic (exact) mass is 166 g/mol. The Balaban J connectivity index is 2.37. The summed E-state index contributed by atoms with van der Waals surface area (Å²) in [5, 5.41) is 2.86. The molecule has 11 heavy (non-hydrogen) atoms. The van der Waals surface area contributed by atoms with Crippen molar-refractivity contribution >= 4 is 0 Å². The smallest absolute Gasteiger partial charge is 0.324 e. The molecule has 2 atom stereocenters. The number of alkyl halides is 2. The average molecular weight is 166 g/mol. The van der Waals surface area contributed by atoms with Gasteiger partial charge in [-0.15, -0.1) is 0 Å². The molecule has 0 aromatic heterocycles. The van der Waals surface area contributed by atoms with E-state index in [0.717, 1.165) is 6.92 Å². The van der Waals surface area contributed by atoms with Crippen molar-refractivity contribution in [2.75, 3.05) is 13.1 Å². The van der Waals surface area contributed by atoms with Crippen LogP contribution in [0.5, 0.6) is 0 Å². The van der Waals surface area contributed by atoms with Gasteiger partial charge in [0.2, 0.25) is 0 Å². The zero-order chi connectivity index (χ0) is 8.48. The molecule has 1 aliphatic heterocycles. The van der Waals surface area contributed by atoms with Crippen molar-refractivity contribution < 1.29 is 13.5 Å². The minimum absolute atomic E-state index is 0.319. The lowest BCUT2D eigenvalue weighted by Gasteiger charge is -2.19. The SMILES string of the molecule is CC(F)(F)O[C@@H]1CNC[C@@H]1N. The second kappa shape index (κ2) is 3.00. The molecule has 66 valence electrons. The molecule has 0 unspecified atom stereocenters. The lowest BCUT2D eigenvalue weighted by atomic mass is 10.2. The molecule has 0 bridgehead atoms. The van der Waals surface area contributed by atoms with Crippen LogP contribution in [0.4, 0.5) is 8.78 Å². The molecular formula is C6H12F2N2O. The van der Waals surface area contributed by atoms with Crippen molar-refractivity contribution in [2.45, 2.75) is 25.2 Å². The molecule has 1 saturated heterocycles. The Morgan fingerprint density at radius 3 is 2.55 bits per heavy atom. The molecule has 1 heterocycles. The minimum Gasteiger partial charge on any atom is -0.324 e. The van der Waals surface area contributed by atoms with Crippen LogP contribution in [0.25, 0.3) is 0 Å². The number of nitrogens with two attached hydrogens (primary N) is 1. The second-order valence-electron chi connectivity index (χ2n) is 2.79. The van der Waals surface area contributed by atoms with Gasteiger partial charge in [0, 0.05) is 26.1 Å². The van der Waals surface area contributed by atoms with E-state index in [1.165, 1.54) is 0 Å². The predicted molar refractivity (Wildman–Crippen MR) is 36.3 cm³/mol. The van der Waals surface area contributed by atoms with Crippen LogP contribution in [-0.2, 0) is 4.74 Å². The highest BCUT2D eigenvalue weighted by molar-refractivity contribution is 4.85. The maximum absolute atomic E-state index is 12.2. The number of rotatable bonds is 2. The first-order chi connectivity index (χ1) is 4.99. The molecule has 0 aliphatic carbocycles. The van der Waals surface area contributed by atoms with Gasteiger partial charge >= 0.3 is 6.11 Å². The molecule has 1 aliphatic rings. The molecule has 0 amide bonds. The molecule has 1 fully saturated rings. The van der Waals surface area contributed by atoms with Gasteiger partial charge in [-0.1, -0.05) is 0 Å². The topological polar surface area (TPSA) is 47.3 Å². The highest BCUT2D eigenvalue weighted by Crippen LogP contribution is 2.18. The number of hydrogen-bond donors (Lipinski definition) is 2. The summed E-state index contributed by atoms with van der Waals surface area (Å²) >= 11 is 0. The van der Waals surface area contributed by atoms with Crippen molar-refractivity contribution in [1.82, 2.24) is 5.32 Å². The average Bonchev–Trinajstić information content (AvgIpc) is 2.12. The van der Waals surface area contributed by atoms with Crippen molar-refractivity contribution in [3.05, 3.63) is 0 Å². The molecule has 0 radical (unpaired) electrons. The summed E-state index contributed by atoms with van der Waals surface area (Å²) < 4.78 is 28.9. The molecule has 5 heteroatoms. The first-order valence-corrected chi connectivity index (χ1v) is 3.51. The van der Waals surface area contributed by atoms with Gasteiger partial charge in [-0.05, 0) is 0 Å². The van der Waals surface area contributed by atoms with E-state index in [9.17, 15) is 8.78 Å². The van der Waals surface area contributed by atoms with Gasteiger partial charge < -0.3 is 15.8 Å². The molecule has 1 rings (SSSR count). The van der Waals surface area contributed by atoms with Crippen molar-refractivity contribution in [1.29, 1.82) is 0 Å². The van der Waals surface area contributed by atoms with E-state index < -0.39 is 12.2 Å². The molecular weight excluding hydrogens is 154 g/mol. The van der Waals surface area contributed by atoms with E-state index >= 15 is 0 Å². The number of halogens is 2. The Hall–Kier alpha value is -0.260. The van der Waals surface area contributed by atoms with Gasteiger partial charge in [0.15, 0.2) is 0 Å². The Kier molecular flexibility index (Phi) is 2.41. The van der Waals surface area contributed by atoms with E-state index in [1.54, 1.807) is 0 Å². The first kappa shape index (κ1) is 8.83. The van der Waals surface area contributed by atoms with E-state index in [4.69, 9.17) is 5.73 Å². The third-order valence-corrected chi connectivity index (χ3v) is 1.56. The van der Waals surface area contributed by atoms with Gasteiger partial charge in [-0.2, -0.15) is 8.78 Å². The summed E-state index contributed by atoms with van der Waals surface area (Å²) in [5.41, 5.74) is 5.47. The van der Waals surface area contributed by atoms with Gasteiger partial charge in [-0.3, -0.25) is 0 Å². The zero-order valence-electron chi connectivity index (χ0n) is 6.31. The standard InChI is InChI=1S/C6H12F2N2O/c1-6(7,8)11-5-3-10-2-4(5)9/h4-5,10H,2-3,9H2,1H3/t4-,5+/m0/s1. The summed E-state index contributed by atoms with van der Waals surface area (Å²) in [7, 11) is 0. The highest BCUT2D eigenvalue weighted by Gasteiger charge is 2.33. The maximum Gasteiger partial charge on any atom is 0.353 e. The van der Waals surface area contributed by atoms with Crippen LogP contribution < -0.4 is 11.1 Å². The highest BCUT2D eigenvalue weighted by atomic mass is 19.3. The number of hydrogen-bond acceptors (Lipinski definition) is 3. The third-order valence-electron chi connectivity index (χ3n) is 1.56. The Morgan fingerprint density at radius 2 is 2.18 bits per heavy atom. The number of nitrogens with one attached hydrogen (secondary N) is 1. The predicted octanol–water partition coefficient (Wildman–Crippen LogP) is -0.0852. The number of ether oxygens (including phenoxy) is 1. The summed E-state index contributed by atoms with van der Waals surface area (Å²) in [6.07, 6.45) is -3.64. The van der Waals surface area contributed by atoms with Crippen molar-refractivity contribution in [3.63, 3.8) is 0 Å². The largest absolute Gasteiger partial charge is 0.353 e. The first-order valence-electron chi connectivity index (χ1n) is 3.51. The zero-order valence-corrected chi connectivity index (χ0v) is 6.31. The van der Waals surface area contributed by atoms with E-state index in [-0.39, 0.29) is 6.04 Å². The fourth-order valence-electron chi connectivity index (χ4n) is 1.07. The van der Waals surface area contributed by atoms with Crippen molar-refractivity contribution in [2.24, 2.45) is 5.73 Å². The lowest BCUT2D eigenvalue weighted by Crippen LogP contribution is -2.39. The minimum atomic E-state index is -3.08. The summed E-state index contributed by atoms with van der Waals surface area (Å²) in [6.45, 7) is 1.67. The van der Waals surface area contributed by atoms with Crippen LogP contribution in [0.2, 0.25) is 0 Å². The molecule has 0 saturated carbocycles. The molecule has 0 aromatic carbocycles. The molecule has 3 N–H and O–H groups in total. The summed E-state index contributed by atoms with van der Waals surface area (Å²) in [5.74, 6) is 0. The molecule has 3 nitrogen and oxygen atoms in total. The maximum atomic E-state index is 12.2. The van der Waals surface area contributed by atoms with Crippen LogP contribution >= 0.6 is 0 Å². The van der Waals surface area contributed by atoms with Crippen LogP contribution in [0.3, 0.4) is 0 Å². The van der Waals surface area contributed by atoms with Gasteiger partial charge in [0.25, 0.3) is 0 Å². The lowest BCUT2D eigenvalue weighted by molar-refractivity contribution is -0.247. The normalized spacial score (nSPS) is 32.7. The summed E-state index contributed by atoms with van der Waals surface area (Å²) in [6, 6.07) is -0.319. The van der Waals surface area contributed by atoms with E-state index in [2.05, 4.69) is 10.1 Å². The van der Waals surface area contributed by atoms with E-state index in [1.807, 2.05) is 0 Å². The van der Waals surface area contributed by atoms with Crippen molar-refractivity contribution in [3.8, 4) is 0 Å².